The molecule has 2 aromatic carbocycles. The molecule has 2 aliphatic heterocycles. The highest BCUT2D eigenvalue weighted by Gasteiger charge is 2.38. The Morgan fingerprint density at radius 2 is 1.89 bits per heavy atom. The van der Waals surface area contributed by atoms with Crippen LogP contribution >= 0.6 is 0 Å². The molecule has 176 valence electrons. The molecule has 0 radical (unpaired) electrons. The van der Waals surface area contributed by atoms with Gasteiger partial charge in [0.15, 0.2) is 0 Å². The Kier molecular flexibility index (Phi) is 6.47. The van der Waals surface area contributed by atoms with Gasteiger partial charge in [-0.2, -0.15) is 0 Å². The molecule has 2 aromatic rings. The van der Waals surface area contributed by atoms with E-state index in [0.29, 0.717) is 6.42 Å². The molecular weight excluding hydrogens is 430 g/mol. The minimum absolute atomic E-state index is 0.189. The lowest BCUT2D eigenvalue weighted by molar-refractivity contribution is -0.0285. The molecule has 1 saturated carbocycles. The summed E-state index contributed by atoms with van der Waals surface area (Å²) >= 11 is 0. The van der Waals surface area contributed by atoms with E-state index in [1.165, 1.54) is 28.9 Å². The van der Waals surface area contributed by atoms with Crippen molar-refractivity contribution in [3.8, 4) is 6.07 Å². The highest BCUT2D eigenvalue weighted by molar-refractivity contribution is 5.70. The largest absolute Gasteiger partial charge is 0.487 e. The van der Waals surface area contributed by atoms with Gasteiger partial charge in [0.2, 0.25) is 0 Å². The van der Waals surface area contributed by atoms with Gasteiger partial charge in [-0.1, -0.05) is 36.3 Å². The predicted octanol–water partition coefficient (Wildman–Crippen LogP) is 7.80. The first-order valence-electron chi connectivity index (χ1n) is 12.7. The van der Waals surface area contributed by atoms with Crippen molar-refractivity contribution in [1.29, 1.82) is 5.26 Å². The number of allylic oxidation sites excluding steroid dienone is 3. The number of aryl methyl sites for hydroxylation is 2. The van der Waals surface area contributed by atoms with Gasteiger partial charge in [-0.25, -0.2) is 10.1 Å². The van der Waals surface area contributed by atoms with Gasteiger partial charge in [-0.3, -0.25) is 0 Å². The van der Waals surface area contributed by atoms with Gasteiger partial charge in [0.25, 0.3) is 5.70 Å². The number of hydrogen-bond acceptors (Lipinski definition) is 3. The number of anilines is 2. The van der Waals surface area contributed by atoms with Crippen molar-refractivity contribution in [2.45, 2.75) is 63.9 Å². The Morgan fingerprint density at radius 3 is 2.63 bits per heavy atom. The Balaban J connectivity index is 1.42. The summed E-state index contributed by atoms with van der Waals surface area (Å²) in [6.07, 6.45) is 14.3. The fourth-order valence-electron chi connectivity index (χ4n) is 5.66. The molecule has 2 heterocycles. The van der Waals surface area contributed by atoms with Crippen LogP contribution in [0.15, 0.2) is 71.6 Å². The number of nitrogens with zero attached hydrogens (tertiary/aromatic N) is 3. The number of nitriles is 1. The molecule has 35 heavy (non-hydrogen) atoms. The fourth-order valence-corrected chi connectivity index (χ4v) is 5.66. The van der Waals surface area contributed by atoms with E-state index in [2.05, 4.69) is 71.3 Å². The van der Waals surface area contributed by atoms with Crippen molar-refractivity contribution < 1.29 is 4.74 Å². The molecule has 0 amide bonds. The number of hydrogen-bond donors (Lipinski definition) is 0. The lowest BCUT2D eigenvalue weighted by Gasteiger charge is -2.41. The number of benzene rings is 2. The van der Waals surface area contributed by atoms with Crippen molar-refractivity contribution in [3.05, 3.63) is 99.8 Å². The zero-order valence-corrected chi connectivity index (χ0v) is 20.4. The first-order valence-corrected chi connectivity index (χ1v) is 12.7. The average Bonchev–Trinajstić information content (AvgIpc) is 2.88. The van der Waals surface area contributed by atoms with Crippen LogP contribution < -0.4 is 4.90 Å². The highest BCUT2D eigenvalue weighted by Crippen LogP contribution is 2.43. The maximum absolute atomic E-state index is 9.48. The van der Waals surface area contributed by atoms with Gasteiger partial charge < -0.3 is 9.64 Å². The summed E-state index contributed by atoms with van der Waals surface area (Å²) in [6, 6.07) is 17.5. The van der Waals surface area contributed by atoms with Gasteiger partial charge in [-0.05, 0) is 98.6 Å². The number of fused-ring (bicyclic) bond motifs is 1. The quantitative estimate of drug-likeness (QED) is 0.346. The highest BCUT2D eigenvalue weighted by atomic mass is 16.5. The molecule has 0 aromatic heterocycles. The van der Waals surface area contributed by atoms with E-state index in [0.717, 1.165) is 62.0 Å². The second-order valence-electron chi connectivity index (χ2n) is 9.98. The van der Waals surface area contributed by atoms with E-state index in [1.807, 2.05) is 12.2 Å². The van der Waals surface area contributed by atoms with Gasteiger partial charge in [0.1, 0.15) is 11.4 Å². The summed E-state index contributed by atoms with van der Waals surface area (Å²) in [5.74, 6) is 0.753. The number of rotatable bonds is 3. The summed E-state index contributed by atoms with van der Waals surface area (Å²) < 4.78 is 6.52. The van der Waals surface area contributed by atoms with Crippen molar-refractivity contribution in [3.63, 3.8) is 0 Å². The molecule has 5 rings (SSSR count). The summed E-state index contributed by atoms with van der Waals surface area (Å²) in [6.45, 7) is 10.6. The van der Waals surface area contributed by atoms with Crippen LogP contribution in [0.25, 0.3) is 10.9 Å². The molecule has 1 fully saturated rings. The van der Waals surface area contributed by atoms with Crippen LogP contribution in [0, 0.1) is 24.8 Å². The van der Waals surface area contributed by atoms with Crippen LogP contribution in [-0.2, 0) is 11.2 Å². The standard InChI is InChI=1S/C31H31N3O/c1-23-8-12-27(13-9-23)34-18-6-7-25-19-24(11-15-30(25)34)10-14-28-20-26(29(22-32)33-2)21-31(35-28)16-4-3-5-17-31/h8-15,19-20H,3-7,16-18,21H2,1H3/b14-10+,29-26+. The minimum Gasteiger partial charge on any atom is -0.487 e. The maximum Gasteiger partial charge on any atom is 0.265 e. The molecular formula is C31H31N3O. The molecule has 1 aliphatic carbocycles. The summed E-state index contributed by atoms with van der Waals surface area (Å²) in [4.78, 5) is 5.90. The van der Waals surface area contributed by atoms with E-state index >= 15 is 0 Å². The molecule has 4 heteroatoms. The number of ether oxygens (including phenoxy) is 1. The molecule has 0 atom stereocenters. The van der Waals surface area contributed by atoms with Crippen LogP contribution in [0.4, 0.5) is 11.4 Å². The smallest absolute Gasteiger partial charge is 0.265 e. The molecule has 3 aliphatic rings. The van der Waals surface area contributed by atoms with Gasteiger partial charge in [0, 0.05) is 24.3 Å². The molecule has 4 nitrogen and oxygen atoms in total. The van der Waals surface area contributed by atoms with Crippen molar-refractivity contribution in [2.75, 3.05) is 11.4 Å². The van der Waals surface area contributed by atoms with Gasteiger partial charge in [-0.15, -0.1) is 0 Å². The van der Waals surface area contributed by atoms with E-state index in [4.69, 9.17) is 11.3 Å². The van der Waals surface area contributed by atoms with Crippen LogP contribution in [0.3, 0.4) is 0 Å². The molecule has 0 bridgehead atoms. The first-order chi connectivity index (χ1) is 17.1. The summed E-state index contributed by atoms with van der Waals surface area (Å²) in [5, 5.41) is 9.48. The Labute approximate surface area is 208 Å². The second-order valence-corrected chi connectivity index (χ2v) is 9.98. The Bertz CT molecular complexity index is 1260. The SMILES string of the molecule is [C-]#[N+]/C(C#N)=C1C=C(/C=C/c2ccc3c(c2)CCCN3c2ccc(C)cc2)OC2(CCCCC2)C\1. The van der Waals surface area contributed by atoms with E-state index in [9.17, 15) is 5.26 Å². The third kappa shape index (κ3) is 4.89. The third-order valence-corrected chi connectivity index (χ3v) is 7.46. The molecule has 1 spiro atoms. The lowest BCUT2D eigenvalue weighted by Crippen LogP contribution is -2.37. The van der Waals surface area contributed by atoms with Crippen molar-refractivity contribution in [2.24, 2.45) is 0 Å². The van der Waals surface area contributed by atoms with Crippen LogP contribution in [0.5, 0.6) is 0 Å². The van der Waals surface area contributed by atoms with E-state index in [-0.39, 0.29) is 11.3 Å². The van der Waals surface area contributed by atoms with Gasteiger partial charge >= 0.3 is 0 Å². The first kappa shape index (κ1) is 23.0. The zero-order chi connectivity index (χ0) is 24.3. The van der Waals surface area contributed by atoms with E-state index < -0.39 is 0 Å². The maximum atomic E-state index is 9.48. The molecule has 0 saturated heterocycles. The van der Waals surface area contributed by atoms with Crippen molar-refractivity contribution >= 4 is 17.5 Å². The normalized spacial score (nSPS) is 20.4. The summed E-state index contributed by atoms with van der Waals surface area (Å²) in [5.41, 5.74) is 7.03. The van der Waals surface area contributed by atoms with Crippen LogP contribution in [0.2, 0.25) is 0 Å². The Hall–Kier alpha value is -3.76. The van der Waals surface area contributed by atoms with Crippen LogP contribution in [0.1, 0.15) is 61.6 Å². The van der Waals surface area contributed by atoms with E-state index in [1.54, 1.807) is 0 Å². The third-order valence-electron chi connectivity index (χ3n) is 7.46. The fraction of sp³-hybridized carbons (Fsp3) is 0.355. The monoisotopic (exact) mass is 461 g/mol. The topological polar surface area (TPSA) is 40.6 Å². The Morgan fingerprint density at radius 1 is 1.09 bits per heavy atom. The average molecular weight is 462 g/mol. The van der Waals surface area contributed by atoms with Gasteiger partial charge in [0.05, 0.1) is 12.6 Å². The summed E-state index contributed by atoms with van der Waals surface area (Å²) in [7, 11) is 0. The lowest BCUT2D eigenvalue weighted by atomic mass is 9.78. The second kappa shape index (κ2) is 9.85. The molecule has 0 N–H and O–H groups in total. The predicted molar refractivity (Wildman–Crippen MR) is 141 cm³/mol. The van der Waals surface area contributed by atoms with Crippen LogP contribution in [-0.4, -0.2) is 12.1 Å². The minimum atomic E-state index is -0.279. The van der Waals surface area contributed by atoms with Crippen molar-refractivity contribution in [1.82, 2.24) is 0 Å². The zero-order valence-electron chi connectivity index (χ0n) is 20.4. The molecule has 0 unspecified atom stereocenters.